The van der Waals surface area contributed by atoms with E-state index in [0.29, 0.717) is 17.8 Å². The molecule has 0 aliphatic carbocycles. The van der Waals surface area contributed by atoms with E-state index in [0.717, 1.165) is 9.13 Å². The van der Waals surface area contributed by atoms with Gasteiger partial charge in [-0.15, -0.1) is 0 Å². The van der Waals surface area contributed by atoms with Crippen LogP contribution in [0.25, 0.3) is 0 Å². The molecule has 1 aliphatic rings. The fourth-order valence-corrected chi connectivity index (χ4v) is 2.95. The molecular weight excluding hydrogens is 353 g/mol. The molecule has 0 aromatic heterocycles. The van der Waals surface area contributed by atoms with Crippen LogP contribution in [-0.4, -0.2) is 11.7 Å². The molecule has 1 amide bonds. The monoisotopic (exact) mass is 363 g/mol. The summed E-state index contributed by atoms with van der Waals surface area (Å²) < 4.78 is 0.823. The average molecular weight is 363 g/mol. The maximum atomic E-state index is 12.1. The first-order valence-electron chi connectivity index (χ1n) is 5.87. The van der Waals surface area contributed by atoms with Gasteiger partial charge in [0.2, 0.25) is 0 Å². The predicted molar refractivity (Wildman–Crippen MR) is 81.1 cm³/mol. The molecule has 3 nitrogen and oxygen atoms in total. The highest BCUT2D eigenvalue weighted by Crippen LogP contribution is 2.33. The van der Waals surface area contributed by atoms with Crippen molar-refractivity contribution >= 4 is 40.0 Å². The van der Waals surface area contributed by atoms with E-state index in [9.17, 15) is 9.59 Å². The first kappa shape index (κ1) is 12.3. The lowest BCUT2D eigenvalue weighted by atomic mass is 10.1. The van der Waals surface area contributed by atoms with Crippen molar-refractivity contribution in [3.05, 3.63) is 63.2 Å². The topological polar surface area (TPSA) is 37.4 Å². The summed E-state index contributed by atoms with van der Waals surface area (Å²) in [7, 11) is 0. The minimum absolute atomic E-state index is 0.407. The number of ketones is 1. The second kappa shape index (κ2) is 4.77. The highest BCUT2D eigenvalue weighted by molar-refractivity contribution is 14.1. The number of Topliss-reactive ketones (excluding diaryl/α,β-unsaturated/α-hetero) is 1. The molecule has 2 aromatic rings. The first-order valence-corrected chi connectivity index (χ1v) is 6.95. The summed E-state index contributed by atoms with van der Waals surface area (Å²) >= 11 is 2.09. The summed E-state index contributed by atoms with van der Waals surface area (Å²) in [6, 6.07) is 15.2. The number of hydrogen-bond donors (Lipinski definition) is 0. The average Bonchev–Trinajstić information content (AvgIpc) is 2.66. The van der Waals surface area contributed by atoms with E-state index < -0.39 is 11.7 Å². The van der Waals surface area contributed by atoms with Crippen molar-refractivity contribution < 1.29 is 9.59 Å². The lowest BCUT2D eigenvalue weighted by Gasteiger charge is -2.16. The largest absolute Gasteiger partial charge is 0.300 e. The van der Waals surface area contributed by atoms with Crippen LogP contribution in [0.5, 0.6) is 0 Å². The third-order valence-electron chi connectivity index (χ3n) is 3.13. The predicted octanol–water partition coefficient (Wildman–Crippen LogP) is 3.02. The molecule has 4 heteroatoms. The van der Waals surface area contributed by atoms with Gasteiger partial charge in [-0.2, -0.15) is 0 Å². The lowest BCUT2D eigenvalue weighted by molar-refractivity contribution is -0.114. The Morgan fingerprint density at radius 1 is 0.947 bits per heavy atom. The molecule has 3 rings (SSSR count). The van der Waals surface area contributed by atoms with Gasteiger partial charge in [-0.25, -0.2) is 0 Å². The zero-order valence-corrected chi connectivity index (χ0v) is 12.1. The van der Waals surface area contributed by atoms with E-state index in [1.54, 1.807) is 4.90 Å². The van der Waals surface area contributed by atoms with Crippen molar-refractivity contribution in [2.75, 3.05) is 4.90 Å². The summed E-state index contributed by atoms with van der Waals surface area (Å²) in [6.45, 7) is 0.429. The number of rotatable bonds is 2. The molecule has 0 saturated carbocycles. The van der Waals surface area contributed by atoms with Crippen LogP contribution in [0.2, 0.25) is 0 Å². The third-order valence-corrected chi connectivity index (χ3v) is 4.03. The van der Waals surface area contributed by atoms with Crippen LogP contribution in [0, 0.1) is 3.57 Å². The third kappa shape index (κ3) is 2.06. The molecule has 0 atom stereocenters. The smallest absolute Gasteiger partial charge is 0.299 e. The Bertz CT molecular complexity index is 667. The molecule has 2 aromatic carbocycles. The van der Waals surface area contributed by atoms with Gasteiger partial charge in [-0.1, -0.05) is 36.4 Å². The van der Waals surface area contributed by atoms with Gasteiger partial charge >= 0.3 is 0 Å². The molecule has 0 radical (unpaired) electrons. The number of halogens is 1. The number of nitrogens with zero attached hydrogens (tertiary/aromatic N) is 1. The Hall–Kier alpha value is -1.69. The van der Waals surface area contributed by atoms with Crippen LogP contribution < -0.4 is 4.90 Å². The zero-order valence-electron chi connectivity index (χ0n) is 9.97. The fourth-order valence-electron chi connectivity index (χ4n) is 2.22. The molecule has 0 spiro atoms. The number of benzene rings is 2. The van der Waals surface area contributed by atoms with E-state index in [1.165, 1.54) is 0 Å². The van der Waals surface area contributed by atoms with Crippen molar-refractivity contribution in [3.8, 4) is 0 Å². The number of amides is 1. The first-order chi connectivity index (χ1) is 9.18. The summed E-state index contributed by atoms with van der Waals surface area (Å²) in [5, 5.41) is 0. The molecule has 0 N–H and O–H groups in total. The SMILES string of the molecule is O=C1C(=O)N(Cc2ccccc2)c2cccc(I)c21. The van der Waals surface area contributed by atoms with Gasteiger partial charge in [-0.05, 0) is 40.3 Å². The lowest BCUT2D eigenvalue weighted by Crippen LogP contribution is -2.29. The van der Waals surface area contributed by atoms with E-state index in [4.69, 9.17) is 0 Å². The second-order valence-electron chi connectivity index (χ2n) is 4.34. The van der Waals surface area contributed by atoms with Crippen molar-refractivity contribution in [1.82, 2.24) is 0 Å². The Kier molecular flexibility index (Phi) is 3.10. The van der Waals surface area contributed by atoms with Crippen LogP contribution >= 0.6 is 22.6 Å². The summed E-state index contributed by atoms with van der Waals surface area (Å²) in [5.41, 5.74) is 2.25. The normalized spacial score (nSPS) is 13.8. The number of fused-ring (bicyclic) bond motifs is 1. The number of anilines is 1. The summed E-state index contributed by atoms with van der Waals surface area (Å²) in [5.74, 6) is -0.848. The van der Waals surface area contributed by atoms with Crippen molar-refractivity contribution in [1.29, 1.82) is 0 Å². The molecule has 0 saturated heterocycles. The Morgan fingerprint density at radius 3 is 2.42 bits per heavy atom. The molecular formula is C15H10INO2. The molecule has 1 aliphatic heterocycles. The van der Waals surface area contributed by atoms with Gasteiger partial charge in [0.25, 0.3) is 11.7 Å². The van der Waals surface area contributed by atoms with Crippen molar-refractivity contribution in [3.63, 3.8) is 0 Å². The van der Waals surface area contributed by atoms with Gasteiger partial charge in [0.15, 0.2) is 0 Å². The summed E-state index contributed by atoms with van der Waals surface area (Å²) in [4.78, 5) is 25.7. The minimum atomic E-state index is -0.442. The van der Waals surface area contributed by atoms with Crippen LogP contribution in [0.4, 0.5) is 5.69 Å². The minimum Gasteiger partial charge on any atom is -0.300 e. The molecule has 94 valence electrons. The Balaban J connectivity index is 2.03. The second-order valence-corrected chi connectivity index (χ2v) is 5.50. The molecule has 0 fully saturated rings. The highest BCUT2D eigenvalue weighted by Gasteiger charge is 2.37. The number of carbonyl (C=O) groups excluding carboxylic acids is 2. The van der Waals surface area contributed by atoms with Crippen LogP contribution in [0.3, 0.4) is 0 Å². The maximum absolute atomic E-state index is 12.1. The number of hydrogen-bond acceptors (Lipinski definition) is 2. The van der Waals surface area contributed by atoms with Crippen LogP contribution in [-0.2, 0) is 11.3 Å². The van der Waals surface area contributed by atoms with Gasteiger partial charge in [0.05, 0.1) is 17.8 Å². The Morgan fingerprint density at radius 2 is 1.68 bits per heavy atom. The molecule has 1 heterocycles. The quantitative estimate of drug-likeness (QED) is 0.608. The van der Waals surface area contributed by atoms with Crippen molar-refractivity contribution in [2.24, 2.45) is 0 Å². The maximum Gasteiger partial charge on any atom is 0.299 e. The van der Waals surface area contributed by atoms with Gasteiger partial charge < -0.3 is 4.90 Å². The molecule has 0 unspecified atom stereocenters. The van der Waals surface area contributed by atoms with E-state index in [1.807, 2.05) is 48.5 Å². The zero-order chi connectivity index (χ0) is 13.4. The van der Waals surface area contributed by atoms with E-state index in [-0.39, 0.29) is 0 Å². The van der Waals surface area contributed by atoms with Crippen LogP contribution in [0.1, 0.15) is 15.9 Å². The van der Waals surface area contributed by atoms with E-state index >= 15 is 0 Å². The standard InChI is InChI=1S/C15H10INO2/c16-11-7-4-8-12-13(11)14(18)15(19)17(12)9-10-5-2-1-3-6-10/h1-8H,9H2. The summed E-state index contributed by atoms with van der Waals surface area (Å²) in [6.07, 6.45) is 0. The molecule has 19 heavy (non-hydrogen) atoms. The molecule has 0 bridgehead atoms. The van der Waals surface area contributed by atoms with Crippen molar-refractivity contribution in [2.45, 2.75) is 6.54 Å². The van der Waals surface area contributed by atoms with Gasteiger partial charge in [0.1, 0.15) is 0 Å². The highest BCUT2D eigenvalue weighted by atomic mass is 127. The van der Waals surface area contributed by atoms with Gasteiger partial charge in [-0.3, -0.25) is 9.59 Å². The number of carbonyl (C=O) groups is 2. The fraction of sp³-hybridized carbons (Fsp3) is 0.0667. The van der Waals surface area contributed by atoms with E-state index in [2.05, 4.69) is 22.6 Å². The Labute approximate surface area is 124 Å². The van der Waals surface area contributed by atoms with Crippen LogP contribution in [0.15, 0.2) is 48.5 Å². The van der Waals surface area contributed by atoms with Gasteiger partial charge in [0, 0.05) is 3.57 Å².